The molecule has 0 saturated carbocycles. The van der Waals surface area contributed by atoms with Crippen LogP contribution in [0.5, 0.6) is 0 Å². The fourth-order valence-corrected chi connectivity index (χ4v) is 2.93. The molecule has 118 valence electrons. The molecule has 0 aliphatic rings. The molecule has 23 heavy (non-hydrogen) atoms. The van der Waals surface area contributed by atoms with Crippen molar-refractivity contribution in [3.05, 3.63) is 81.6 Å². The van der Waals surface area contributed by atoms with Crippen LogP contribution in [-0.4, -0.2) is 15.4 Å². The molecule has 1 aromatic heterocycles. The van der Waals surface area contributed by atoms with Crippen LogP contribution in [-0.2, 0) is 5.67 Å². The van der Waals surface area contributed by atoms with Gasteiger partial charge < -0.3 is 0 Å². The molecule has 0 radical (unpaired) electrons. The fourth-order valence-electron chi connectivity index (χ4n) is 2.68. The quantitative estimate of drug-likeness (QED) is 0.709. The smallest absolute Gasteiger partial charge is 0.169 e. The molecule has 3 nitrogen and oxygen atoms in total. The molecule has 2 aromatic carbocycles. The van der Waals surface area contributed by atoms with E-state index in [0.717, 1.165) is 0 Å². The number of nitrogens with one attached hydrogen (secondary N) is 1. The van der Waals surface area contributed by atoms with Crippen molar-refractivity contribution in [2.24, 2.45) is 0 Å². The lowest BCUT2D eigenvalue weighted by Crippen LogP contribution is -2.29. The number of rotatable bonds is 4. The van der Waals surface area contributed by atoms with Crippen LogP contribution in [0.3, 0.4) is 0 Å². The average molecular weight is 350 g/mol. The average Bonchev–Trinajstić information content (AvgIpc) is 3.09. The maximum atomic E-state index is 16.3. The Morgan fingerprint density at radius 1 is 0.957 bits per heavy atom. The second-order valence-electron chi connectivity index (χ2n) is 5.35. The molecule has 0 aliphatic heterocycles. The van der Waals surface area contributed by atoms with Crippen LogP contribution in [0.2, 0.25) is 10.0 Å². The number of nitrogens with zero attached hydrogens (tertiary/aromatic N) is 2. The maximum absolute atomic E-state index is 16.3. The number of H-pyrrole nitrogens is 1. The van der Waals surface area contributed by atoms with Gasteiger partial charge in [0.2, 0.25) is 0 Å². The number of alkyl halides is 1. The molecular formula is C17H14Cl2FN3. The summed E-state index contributed by atoms with van der Waals surface area (Å²) < 4.78 is 16.3. The summed E-state index contributed by atoms with van der Waals surface area (Å²) in [5.41, 5.74) is -0.247. The van der Waals surface area contributed by atoms with Crippen molar-refractivity contribution in [2.75, 3.05) is 0 Å². The van der Waals surface area contributed by atoms with Crippen molar-refractivity contribution in [1.29, 1.82) is 0 Å². The minimum Gasteiger partial charge on any atom is -0.265 e. The van der Waals surface area contributed by atoms with E-state index in [1.807, 2.05) is 0 Å². The molecule has 0 fully saturated rings. The standard InChI is InChI=1S/C17H14Cl2FN3/c1-11(16-10-21-23-22-16)17(20,12-2-6-14(18)7-3-12)13-4-8-15(19)9-5-13/h2-11H,1H3,(H,21,22,23). The van der Waals surface area contributed by atoms with Crippen molar-refractivity contribution in [2.45, 2.75) is 18.5 Å². The van der Waals surface area contributed by atoms with Crippen LogP contribution in [0, 0.1) is 0 Å². The molecule has 3 rings (SSSR count). The Hall–Kier alpha value is -1.91. The SMILES string of the molecule is CC(c1c[nH]nn1)C(F)(c1ccc(Cl)cc1)c1ccc(Cl)cc1. The zero-order valence-electron chi connectivity index (χ0n) is 12.3. The van der Waals surface area contributed by atoms with Gasteiger partial charge in [0.1, 0.15) is 0 Å². The zero-order chi connectivity index (χ0) is 16.4. The van der Waals surface area contributed by atoms with Gasteiger partial charge in [-0.25, -0.2) is 4.39 Å². The summed E-state index contributed by atoms with van der Waals surface area (Å²) in [7, 11) is 0. The first kappa shape index (κ1) is 16.0. The first-order chi connectivity index (χ1) is 11.0. The largest absolute Gasteiger partial charge is 0.265 e. The van der Waals surface area contributed by atoms with Crippen LogP contribution < -0.4 is 0 Å². The topological polar surface area (TPSA) is 41.6 Å². The van der Waals surface area contributed by atoms with E-state index in [1.165, 1.54) is 0 Å². The van der Waals surface area contributed by atoms with Gasteiger partial charge in [-0.1, -0.05) is 59.6 Å². The molecule has 1 heterocycles. The van der Waals surface area contributed by atoms with Gasteiger partial charge in [0.15, 0.2) is 5.67 Å². The van der Waals surface area contributed by atoms with E-state index in [2.05, 4.69) is 15.4 Å². The van der Waals surface area contributed by atoms with E-state index in [4.69, 9.17) is 23.2 Å². The molecule has 0 spiro atoms. The van der Waals surface area contributed by atoms with Gasteiger partial charge in [-0.15, -0.1) is 5.10 Å². The highest BCUT2D eigenvalue weighted by molar-refractivity contribution is 6.30. The molecule has 0 amide bonds. The molecule has 0 bridgehead atoms. The number of aromatic nitrogens is 3. The predicted octanol–water partition coefficient (Wildman–Crippen LogP) is 5.13. The zero-order valence-corrected chi connectivity index (χ0v) is 13.8. The number of aromatic amines is 1. The number of hydrogen-bond donors (Lipinski definition) is 1. The minimum atomic E-state index is -1.79. The maximum Gasteiger partial charge on any atom is 0.169 e. The number of hydrogen-bond acceptors (Lipinski definition) is 2. The van der Waals surface area contributed by atoms with Crippen LogP contribution in [0.4, 0.5) is 4.39 Å². The van der Waals surface area contributed by atoms with Gasteiger partial charge in [-0.3, -0.25) is 5.10 Å². The Morgan fingerprint density at radius 3 is 1.83 bits per heavy atom. The molecular weight excluding hydrogens is 336 g/mol. The monoisotopic (exact) mass is 349 g/mol. The first-order valence-corrected chi connectivity index (χ1v) is 7.84. The molecule has 6 heteroatoms. The van der Waals surface area contributed by atoms with E-state index in [9.17, 15) is 0 Å². The van der Waals surface area contributed by atoms with Crippen LogP contribution in [0.25, 0.3) is 0 Å². The van der Waals surface area contributed by atoms with Gasteiger partial charge in [0.05, 0.1) is 5.69 Å². The molecule has 1 N–H and O–H groups in total. The predicted molar refractivity (Wildman–Crippen MR) is 89.6 cm³/mol. The normalized spacial score (nSPS) is 13.0. The van der Waals surface area contributed by atoms with Crippen molar-refractivity contribution < 1.29 is 4.39 Å². The van der Waals surface area contributed by atoms with Crippen molar-refractivity contribution in [3.8, 4) is 0 Å². The van der Waals surface area contributed by atoms with Crippen molar-refractivity contribution in [1.82, 2.24) is 15.4 Å². The highest BCUT2D eigenvalue weighted by Gasteiger charge is 2.42. The third kappa shape index (κ3) is 2.96. The number of halogens is 3. The highest BCUT2D eigenvalue weighted by atomic mass is 35.5. The lowest BCUT2D eigenvalue weighted by molar-refractivity contribution is 0.181. The fraction of sp³-hybridized carbons (Fsp3) is 0.176. The highest BCUT2D eigenvalue weighted by Crippen LogP contribution is 2.45. The third-order valence-corrected chi connectivity index (χ3v) is 4.51. The van der Waals surface area contributed by atoms with Crippen molar-refractivity contribution in [3.63, 3.8) is 0 Å². The van der Waals surface area contributed by atoms with Gasteiger partial charge >= 0.3 is 0 Å². The summed E-state index contributed by atoms with van der Waals surface area (Å²) in [4.78, 5) is 0. The lowest BCUT2D eigenvalue weighted by Gasteiger charge is -2.31. The Kier molecular flexibility index (Phi) is 4.37. The van der Waals surface area contributed by atoms with Crippen molar-refractivity contribution >= 4 is 23.2 Å². The van der Waals surface area contributed by atoms with Gasteiger partial charge in [0, 0.05) is 22.2 Å². The van der Waals surface area contributed by atoms with E-state index in [0.29, 0.717) is 26.9 Å². The minimum absolute atomic E-state index is 0.500. The summed E-state index contributed by atoms with van der Waals surface area (Å²) in [5, 5.41) is 11.4. The summed E-state index contributed by atoms with van der Waals surface area (Å²) >= 11 is 11.9. The Balaban J connectivity index is 2.16. The molecule has 3 aromatic rings. The second kappa shape index (κ2) is 6.30. The van der Waals surface area contributed by atoms with E-state index in [1.54, 1.807) is 61.7 Å². The Morgan fingerprint density at radius 2 is 1.43 bits per heavy atom. The number of benzene rings is 2. The first-order valence-electron chi connectivity index (χ1n) is 7.09. The molecule has 0 aliphatic carbocycles. The van der Waals surface area contributed by atoms with Gasteiger partial charge in [0.25, 0.3) is 0 Å². The summed E-state index contributed by atoms with van der Waals surface area (Å²) in [5.74, 6) is -0.552. The van der Waals surface area contributed by atoms with Crippen LogP contribution in [0.1, 0.15) is 29.7 Å². The molecule has 1 unspecified atom stereocenters. The third-order valence-electron chi connectivity index (χ3n) is 4.00. The molecule has 0 saturated heterocycles. The Bertz CT molecular complexity index is 725. The van der Waals surface area contributed by atoms with Crippen LogP contribution >= 0.6 is 23.2 Å². The summed E-state index contributed by atoms with van der Waals surface area (Å²) in [6.45, 7) is 1.78. The van der Waals surface area contributed by atoms with E-state index < -0.39 is 11.6 Å². The van der Waals surface area contributed by atoms with Crippen LogP contribution in [0.15, 0.2) is 54.7 Å². The summed E-state index contributed by atoms with van der Waals surface area (Å²) in [6.07, 6.45) is 1.60. The second-order valence-corrected chi connectivity index (χ2v) is 6.22. The Labute approximate surface area is 143 Å². The van der Waals surface area contributed by atoms with Gasteiger partial charge in [-0.05, 0) is 35.4 Å². The summed E-state index contributed by atoms with van der Waals surface area (Å²) in [6, 6.07) is 13.5. The lowest BCUT2D eigenvalue weighted by atomic mass is 9.77. The van der Waals surface area contributed by atoms with E-state index >= 15 is 4.39 Å². The molecule has 1 atom stereocenters. The van der Waals surface area contributed by atoms with Gasteiger partial charge in [-0.2, -0.15) is 0 Å². The van der Waals surface area contributed by atoms with E-state index in [-0.39, 0.29) is 0 Å².